The van der Waals surface area contributed by atoms with Crippen LogP contribution in [0.25, 0.3) is 0 Å². The first-order valence-corrected chi connectivity index (χ1v) is 10.9. The molecule has 0 spiro atoms. The van der Waals surface area contributed by atoms with Gasteiger partial charge in [-0.25, -0.2) is 9.78 Å². The fraction of sp³-hybridized carbons (Fsp3) is 0.280. The van der Waals surface area contributed by atoms with Gasteiger partial charge in [-0.3, -0.25) is 0 Å². The number of anilines is 2. The Kier molecular flexibility index (Phi) is 5.34. The molecule has 6 nitrogen and oxygen atoms in total. The highest BCUT2D eigenvalue weighted by Crippen LogP contribution is 2.50. The summed E-state index contributed by atoms with van der Waals surface area (Å²) < 4.78 is 45.4. The van der Waals surface area contributed by atoms with Gasteiger partial charge in [0.25, 0.3) is 0 Å². The average Bonchev–Trinajstić information content (AvgIpc) is 3.60. The molecule has 0 unspecified atom stereocenters. The van der Waals surface area contributed by atoms with E-state index in [0.29, 0.717) is 36.0 Å². The Balaban J connectivity index is 1.44. The van der Waals surface area contributed by atoms with Gasteiger partial charge in [-0.05, 0) is 48.2 Å². The van der Waals surface area contributed by atoms with Crippen LogP contribution in [0.3, 0.4) is 0 Å². The fourth-order valence-electron chi connectivity index (χ4n) is 4.32. The van der Waals surface area contributed by atoms with Gasteiger partial charge >= 0.3 is 12.1 Å². The van der Waals surface area contributed by atoms with Crippen molar-refractivity contribution in [2.45, 2.75) is 31.1 Å². The van der Waals surface area contributed by atoms with Crippen LogP contribution in [-0.2, 0) is 18.3 Å². The Hall–Kier alpha value is -3.75. The third-order valence-corrected chi connectivity index (χ3v) is 6.24. The van der Waals surface area contributed by atoms with Crippen molar-refractivity contribution in [2.24, 2.45) is 0 Å². The van der Waals surface area contributed by atoms with Crippen molar-refractivity contribution in [1.82, 2.24) is 4.98 Å². The molecule has 0 atom stereocenters. The SMILES string of the molecule is O=C(O)c1ccc(C2(Nc3nccc4c3N(Cc3cccc(C(F)(F)F)c3)CCO4)CC2)cc1. The molecule has 9 heteroatoms. The highest BCUT2D eigenvalue weighted by atomic mass is 19.4. The Morgan fingerprint density at radius 1 is 1.15 bits per heavy atom. The molecule has 0 amide bonds. The second kappa shape index (κ2) is 8.23. The number of rotatable bonds is 6. The largest absolute Gasteiger partial charge is 0.489 e. The summed E-state index contributed by atoms with van der Waals surface area (Å²) in [5, 5.41) is 12.7. The Bertz CT molecular complexity index is 1220. The van der Waals surface area contributed by atoms with Crippen molar-refractivity contribution in [3.05, 3.63) is 83.0 Å². The van der Waals surface area contributed by atoms with Crippen molar-refractivity contribution in [3.8, 4) is 5.75 Å². The zero-order valence-corrected chi connectivity index (χ0v) is 18.1. The van der Waals surface area contributed by atoms with Crippen LogP contribution in [0.4, 0.5) is 24.7 Å². The lowest BCUT2D eigenvalue weighted by Crippen LogP contribution is -2.34. The number of nitrogens with one attached hydrogen (secondary N) is 1. The second-order valence-electron chi connectivity index (χ2n) is 8.56. The molecule has 1 aliphatic heterocycles. The number of aromatic nitrogens is 1. The van der Waals surface area contributed by atoms with E-state index in [0.717, 1.165) is 24.5 Å². The first-order valence-electron chi connectivity index (χ1n) is 10.9. The van der Waals surface area contributed by atoms with Gasteiger partial charge in [0.2, 0.25) is 0 Å². The molecule has 2 aromatic carbocycles. The zero-order chi connectivity index (χ0) is 23.9. The molecular formula is C25H22F3N3O3. The molecule has 0 radical (unpaired) electrons. The molecule has 0 bridgehead atoms. The van der Waals surface area contributed by atoms with Gasteiger partial charge < -0.3 is 20.1 Å². The van der Waals surface area contributed by atoms with Crippen LogP contribution < -0.4 is 15.0 Å². The lowest BCUT2D eigenvalue weighted by atomic mass is 10.0. The molecule has 1 aliphatic carbocycles. The Morgan fingerprint density at radius 2 is 1.91 bits per heavy atom. The number of nitrogens with zero attached hydrogens (tertiary/aromatic N) is 2. The third kappa shape index (κ3) is 4.25. The zero-order valence-electron chi connectivity index (χ0n) is 18.1. The predicted octanol–water partition coefficient (Wildman–Crippen LogP) is 5.30. The number of ether oxygens (including phenoxy) is 1. The average molecular weight is 469 g/mol. The molecule has 2 N–H and O–H groups in total. The summed E-state index contributed by atoms with van der Waals surface area (Å²) in [4.78, 5) is 17.7. The van der Waals surface area contributed by atoms with E-state index in [-0.39, 0.29) is 17.6 Å². The number of fused-ring (bicyclic) bond motifs is 1. The van der Waals surface area contributed by atoms with Gasteiger partial charge in [-0.15, -0.1) is 0 Å². The summed E-state index contributed by atoms with van der Waals surface area (Å²) in [6.07, 6.45) is -1.07. The minimum absolute atomic E-state index is 0.218. The highest BCUT2D eigenvalue weighted by molar-refractivity contribution is 5.87. The summed E-state index contributed by atoms with van der Waals surface area (Å²) in [5.74, 6) is 0.224. The van der Waals surface area contributed by atoms with E-state index in [2.05, 4.69) is 10.3 Å². The quantitative estimate of drug-likeness (QED) is 0.511. The van der Waals surface area contributed by atoms with Crippen molar-refractivity contribution in [2.75, 3.05) is 23.4 Å². The van der Waals surface area contributed by atoms with E-state index in [1.54, 1.807) is 42.6 Å². The summed E-state index contributed by atoms with van der Waals surface area (Å²) in [6.45, 7) is 1.20. The topological polar surface area (TPSA) is 74.7 Å². The maximum Gasteiger partial charge on any atom is 0.416 e. The van der Waals surface area contributed by atoms with Crippen molar-refractivity contribution >= 4 is 17.5 Å². The summed E-state index contributed by atoms with van der Waals surface area (Å²) >= 11 is 0. The number of alkyl halides is 3. The summed E-state index contributed by atoms with van der Waals surface area (Å²) in [6, 6.07) is 13.9. The number of hydrogen-bond acceptors (Lipinski definition) is 5. The molecule has 2 heterocycles. The van der Waals surface area contributed by atoms with Crippen LogP contribution in [-0.4, -0.2) is 29.2 Å². The van der Waals surface area contributed by atoms with Crippen molar-refractivity contribution < 1.29 is 27.8 Å². The minimum atomic E-state index is -4.40. The molecule has 3 aromatic rings. The second-order valence-corrected chi connectivity index (χ2v) is 8.56. The molecular weight excluding hydrogens is 447 g/mol. The predicted molar refractivity (Wildman–Crippen MR) is 120 cm³/mol. The van der Waals surface area contributed by atoms with Crippen LogP contribution in [0.2, 0.25) is 0 Å². The lowest BCUT2D eigenvalue weighted by molar-refractivity contribution is -0.137. The molecule has 0 saturated heterocycles. The number of carboxylic acid groups (broad SMARTS) is 1. The maximum absolute atomic E-state index is 13.2. The first kappa shape index (κ1) is 22.1. The highest BCUT2D eigenvalue weighted by Gasteiger charge is 2.45. The number of halogens is 3. The number of carbonyl (C=O) groups is 1. The van der Waals surface area contributed by atoms with Crippen LogP contribution in [0, 0.1) is 0 Å². The van der Waals surface area contributed by atoms with E-state index in [9.17, 15) is 18.0 Å². The van der Waals surface area contributed by atoms with Gasteiger partial charge in [0.05, 0.1) is 23.2 Å². The summed E-state index contributed by atoms with van der Waals surface area (Å²) in [5.41, 5.74) is 1.37. The number of aromatic carboxylic acids is 1. The van der Waals surface area contributed by atoms with Crippen LogP contribution in [0.5, 0.6) is 5.75 Å². The van der Waals surface area contributed by atoms with E-state index in [4.69, 9.17) is 9.84 Å². The number of hydrogen-bond donors (Lipinski definition) is 2. The third-order valence-electron chi connectivity index (χ3n) is 6.24. The molecule has 176 valence electrons. The van der Waals surface area contributed by atoms with E-state index >= 15 is 0 Å². The monoisotopic (exact) mass is 469 g/mol. The molecule has 2 aliphatic rings. The molecule has 5 rings (SSSR count). The number of benzene rings is 2. The first-order chi connectivity index (χ1) is 16.2. The number of carboxylic acids is 1. The maximum atomic E-state index is 13.2. The molecule has 1 aromatic heterocycles. The minimum Gasteiger partial charge on any atom is -0.489 e. The van der Waals surface area contributed by atoms with Crippen molar-refractivity contribution in [1.29, 1.82) is 0 Å². The normalized spacial score (nSPS) is 16.4. The standard InChI is InChI=1S/C25H22F3N3O3/c26-25(27,28)19-3-1-2-16(14-19)15-31-12-13-34-20-8-11-29-22(21(20)31)30-24(9-10-24)18-6-4-17(5-7-18)23(32)33/h1-8,11,14H,9-10,12-13,15H2,(H,29,30)(H,32,33). The van der Waals surface area contributed by atoms with Crippen LogP contribution >= 0.6 is 0 Å². The van der Waals surface area contributed by atoms with Gasteiger partial charge in [-0.2, -0.15) is 13.2 Å². The van der Waals surface area contributed by atoms with Crippen LogP contribution in [0.15, 0.2) is 60.8 Å². The molecule has 34 heavy (non-hydrogen) atoms. The Labute approximate surface area is 194 Å². The van der Waals surface area contributed by atoms with Gasteiger partial charge in [-0.1, -0.05) is 24.3 Å². The summed E-state index contributed by atoms with van der Waals surface area (Å²) in [7, 11) is 0. The smallest absolute Gasteiger partial charge is 0.416 e. The van der Waals surface area contributed by atoms with E-state index in [1.165, 1.54) is 12.1 Å². The van der Waals surface area contributed by atoms with E-state index < -0.39 is 17.7 Å². The van der Waals surface area contributed by atoms with Gasteiger partial charge in [0, 0.05) is 18.8 Å². The van der Waals surface area contributed by atoms with Crippen molar-refractivity contribution in [3.63, 3.8) is 0 Å². The molecule has 1 saturated carbocycles. The lowest BCUT2D eigenvalue weighted by Gasteiger charge is -2.34. The number of pyridine rings is 1. The molecule has 1 fully saturated rings. The van der Waals surface area contributed by atoms with E-state index in [1.807, 2.05) is 4.90 Å². The van der Waals surface area contributed by atoms with Gasteiger partial charge in [0.15, 0.2) is 5.82 Å². The fourth-order valence-corrected chi connectivity index (χ4v) is 4.32. The van der Waals surface area contributed by atoms with Crippen LogP contribution in [0.1, 0.15) is 39.9 Å². The Morgan fingerprint density at radius 3 is 2.59 bits per heavy atom. The van der Waals surface area contributed by atoms with Gasteiger partial charge in [0.1, 0.15) is 18.0 Å².